The maximum absolute atomic E-state index is 12.7. The summed E-state index contributed by atoms with van der Waals surface area (Å²) in [4.78, 5) is 24.0. The SMILES string of the molecule is O=C(CNc1ncc(-n2nc(-c3ccccc3)cc2-c2ccccc2)c(-c2ccccc2)n1)N1CCOCC1. The maximum atomic E-state index is 12.7. The van der Waals surface area contributed by atoms with E-state index in [9.17, 15) is 4.79 Å². The fourth-order valence-corrected chi connectivity index (χ4v) is 4.63. The van der Waals surface area contributed by atoms with Crippen molar-refractivity contribution >= 4 is 11.9 Å². The summed E-state index contributed by atoms with van der Waals surface area (Å²) >= 11 is 0. The number of aromatic nitrogens is 4. The van der Waals surface area contributed by atoms with Crippen molar-refractivity contribution in [2.24, 2.45) is 0 Å². The van der Waals surface area contributed by atoms with Gasteiger partial charge in [0.05, 0.1) is 37.3 Å². The molecule has 2 aromatic heterocycles. The number of anilines is 1. The van der Waals surface area contributed by atoms with Crippen molar-refractivity contribution in [3.63, 3.8) is 0 Å². The number of morpholine rings is 1. The summed E-state index contributed by atoms with van der Waals surface area (Å²) in [6.45, 7) is 2.44. The van der Waals surface area contributed by atoms with E-state index in [1.807, 2.05) is 71.4 Å². The number of benzene rings is 3. The standard InChI is InChI=1S/C31H28N6O2/c38-29(36-16-18-39-19-17-36)22-33-31-32-21-28(30(34-31)25-14-8-3-9-15-25)37-27(24-12-6-2-7-13-24)20-26(35-37)23-10-4-1-5-11-23/h1-15,20-21H,16-19,22H2,(H,32,33,34). The minimum absolute atomic E-state index is 0.00168. The first kappa shape index (κ1) is 24.5. The third-order valence-electron chi connectivity index (χ3n) is 6.65. The zero-order chi connectivity index (χ0) is 26.4. The van der Waals surface area contributed by atoms with Crippen molar-refractivity contribution in [3.8, 4) is 39.5 Å². The van der Waals surface area contributed by atoms with Crippen molar-refractivity contribution in [1.29, 1.82) is 0 Å². The fourth-order valence-electron chi connectivity index (χ4n) is 4.63. The lowest BCUT2D eigenvalue weighted by Crippen LogP contribution is -2.43. The topological polar surface area (TPSA) is 85.2 Å². The maximum Gasteiger partial charge on any atom is 0.242 e. The molecule has 1 amide bonds. The van der Waals surface area contributed by atoms with Gasteiger partial charge in [0.1, 0.15) is 11.4 Å². The highest BCUT2D eigenvalue weighted by Gasteiger charge is 2.20. The molecule has 0 unspecified atom stereocenters. The Hall–Kier alpha value is -4.82. The van der Waals surface area contributed by atoms with Gasteiger partial charge in [0.15, 0.2) is 0 Å². The number of ether oxygens (including phenoxy) is 1. The van der Waals surface area contributed by atoms with E-state index in [0.29, 0.717) is 37.9 Å². The minimum atomic E-state index is -0.00168. The molecule has 0 spiro atoms. The van der Waals surface area contributed by atoms with Crippen LogP contribution in [-0.2, 0) is 9.53 Å². The molecule has 3 aromatic carbocycles. The predicted octanol–water partition coefficient (Wildman–Crippen LogP) is 4.93. The van der Waals surface area contributed by atoms with Gasteiger partial charge < -0.3 is 15.0 Å². The summed E-state index contributed by atoms with van der Waals surface area (Å²) < 4.78 is 7.26. The smallest absolute Gasteiger partial charge is 0.242 e. The number of amides is 1. The van der Waals surface area contributed by atoms with Crippen LogP contribution in [0, 0.1) is 0 Å². The molecule has 1 N–H and O–H groups in total. The Kier molecular flexibility index (Phi) is 7.09. The molecular weight excluding hydrogens is 488 g/mol. The van der Waals surface area contributed by atoms with Gasteiger partial charge in [-0.25, -0.2) is 14.6 Å². The van der Waals surface area contributed by atoms with E-state index in [1.165, 1.54) is 0 Å². The van der Waals surface area contributed by atoms with E-state index in [0.717, 1.165) is 33.8 Å². The first-order chi connectivity index (χ1) is 19.3. The minimum Gasteiger partial charge on any atom is -0.378 e. The number of carbonyl (C=O) groups is 1. The van der Waals surface area contributed by atoms with Gasteiger partial charge in [-0.15, -0.1) is 0 Å². The van der Waals surface area contributed by atoms with E-state index in [-0.39, 0.29) is 12.5 Å². The third kappa shape index (κ3) is 5.42. The molecule has 194 valence electrons. The van der Waals surface area contributed by atoms with Crippen LogP contribution in [0.25, 0.3) is 39.5 Å². The molecule has 0 saturated carbocycles. The predicted molar refractivity (Wildman–Crippen MR) is 151 cm³/mol. The molecule has 0 radical (unpaired) electrons. The van der Waals surface area contributed by atoms with Gasteiger partial charge >= 0.3 is 0 Å². The van der Waals surface area contributed by atoms with Crippen molar-refractivity contribution in [2.75, 3.05) is 38.2 Å². The molecule has 1 aliphatic rings. The Balaban J connectivity index is 1.41. The van der Waals surface area contributed by atoms with E-state index in [1.54, 1.807) is 11.1 Å². The number of nitrogens with one attached hydrogen (secondary N) is 1. The highest BCUT2D eigenvalue weighted by Crippen LogP contribution is 2.32. The summed E-state index contributed by atoms with van der Waals surface area (Å²) in [6, 6.07) is 32.3. The van der Waals surface area contributed by atoms with Crippen molar-refractivity contribution in [3.05, 3.63) is 103 Å². The van der Waals surface area contributed by atoms with Crippen molar-refractivity contribution < 1.29 is 9.53 Å². The molecule has 0 aliphatic carbocycles. The van der Waals surface area contributed by atoms with E-state index in [2.05, 4.69) is 40.6 Å². The summed E-state index contributed by atoms with van der Waals surface area (Å²) in [5, 5.41) is 8.15. The number of hydrogen-bond donors (Lipinski definition) is 1. The lowest BCUT2D eigenvalue weighted by Gasteiger charge is -2.26. The normalized spacial score (nSPS) is 13.3. The van der Waals surface area contributed by atoms with Gasteiger partial charge in [-0.1, -0.05) is 91.0 Å². The summed E-state index contributed by atoms with van der Waals surface area (Å²) in [6.07, 6.45) is 1.77. The van der Waals surface area contributed by atoms with Crippen LogP contribution in [0.15, 0.2) is 103 Å². The average Bonchev–Trinajstić information content (AvgIpc) is 3.47. The van der Waals surface area contributed by atoms with Crippen LogP contribution >= 0.6 is 0 Å². The molecule has 39 heavy (non-hydrogen) atoms. The summed E-state index contributed by atoms with van der Waals surface area (Å²) in [5.41, 5.74) is 6.22. The van der Waals surface area contributed by atoms with Crippen molar-refractivity contribution in [2.45, 2.75) is 0 Å². The Morgan fingerprint density at radius 1 is 0.821 bits per heavy atom. The Morgan fingerprint density at radius 3 is 2.10 bits per heavy atom. The first-order valence-corrected chi connectivity index (χ1v) is 13.0. The van der Waals surface area contributed by atoms with Crippen LogP contribution < -0.4 is 5.32 Å². The number of carbonyl (C=O) groups excluding carboxylic acids is 1. The van der Waals surface area contributed by atoms with Gasteiger partial charge in [-0.2, -0.15) is 5.10 Å². The largest absolute Gasteiger partial charge is 0.378 e. The Labute approximate surface area is 226 Å². The van der Waals surface area contributed by atoms with Crippen LogP contribution in [0.1, 0.15) is 0 Å². The second kappa shape index (κ2) is 11.3. The number of rotatable bonds is 7. The van der Waals surface area contributed by atoms with Crippen LogP contribution in [0.3, 0.4) is 0 Å². The summed E-state index contributed by atoms with van der Waals surface area (Å²) in [5.74, 6) is 0.383. The van der Waals surface area contributed by atoms with Crippen LogP contribution in [0.2, 0.25) is 0 Å². The van der Waals surface area contributed by atoms with E-state index >= 15 is 0 Å². The van der Waals surface area contributed by atoms with Gasteiger partial charge in [-0.3, -0.25) is 4.79 Å². The monoisotopic (exact) mass is 516 g/mol. The molecule has 0 bridgehead atoms. The molecule has 8 nitrogen and oxygen atoms in total. The van der Waals surface area contributed by atoms with Crippen LogP contribution in [-0.4, -0.2) is 63.4 Å². The molecule has 8 heteroatoms. The van der Waals surface area contributed by atoms with Gasteiger partial charge in [0.2, 0.25) is 11.9 Å². The second-order valence-electron chi connectivity index (χ2n) is 9.20. The quantitative estimate of drug-likeness (QED) is 0.330. The average molecular weight is 517 g/mol. The highest BCUT2D eigenvalue weighted by molar-refractivity contribution is 5.81. The lowest BCUT2D eigenvalue weighted by atomic mass is 10.1. The molecule has 1 saturated heterocycles. The Morgan fingerprint density at radius 2 is 1.44 bits per heavy atom. The van der Waals surface area contributed by atoms with E-state index < -0.39 is 0 Å². The molecular formula is C31H28N6O2. The van der Waals surface area contributed by atoms with Gasteiger partial charge in [0, 0.05) is 29.8 Å². The number of hydrogen-bond acceptors (Lipinski definition) is 6. The fraction of sp³-hybridized carbons (Fsp3) is 0.161. The number of nitrogens with zero attached hydrogens (tertiary/aromatic N) is 5. The van der Waals surface area contributed by atoms with Crippen LogP contribution in [0.4, 0.5) is 5.95 Å². The zero-order valence-electron chi connectivity index (χ0n) is 21.4. The zero-order valence-corrected chi connectivity index (χ0v) is 21.4. The van der Waals surface area contributed by atoms with Gasteiger partial charge in [-0.05, 0) is 6.07 Å². The Bertz CT molecular complexity index is 1550. The van der Waals surface area contributed by atoms with Crippen molar-refractivity contribution in [1.82, 2.24) is 24.6 Å². The van der Waals surface area contributed by atoms with Crippen LogP contribution in [0.5, 0.6) is 0 Å². The highest BCUT2D eigenvalue weighted by atomic mass is 16.5. The third-order valence-corrected chi connectivity index (χ3v) is 6.65. The first-order valence-electron chi connectivity index (χ1n) is 13.0. The molecule has 0 atom stereocenters. The lowest BCUT2D eigenvalue weighted by molar-refractivity contribution is -0.133. The summed E-state index contributed by atoms with van der Waals surface area (Å²) in [7, 11) is 0. The molecule has 1 fully saturated rings. The second-order valence-corrected chi connectivity index (χ2v) is 9.20. The molecule has 6 rings (SSSR count). The molecule has 1 aliphatic heterocycles. The molecule has 3 heterocycles. The van der Waals surface area contributed by atoms with E-state index in [4.69, 9.17) is 14.8 Å². The van der Waals surface area contributed by atoms with Gasteiger partial charge in [0.25, 0.3) is 0 Å². The molecule has 5 aromatic rings.